The van der Waals surface area contributed by atoms with Gasteiger partial charge in [-0.05, 0) is 43.9 Å². The van der Waals surface area contributed by atoms with E-state index in [0.717, 1.165) is 32.2 Å². The van der Waals surface area contributed by atoms with Gasteiger partial charge in [0.15, 0.2) is 17.3 Å². The normalized spacial score (nSPS) is 23.5. The Bertz CT molecular complexity index is 668. The number of piperidine rings is 1. The third kappa shape index (κ3) is 3.35. The summed E-state index contributed by atoms with van der Waals surface area (Å²) in [4.78, 5) is 27.5. The maximum atomic E-state index is 12.9. The van der Waals surface area contributed by atoms with Crippen molar-refractivity contribution >= 4 is 11.7 Å². The number of benzene rings is 1. The van der Waals surface area contributed by atoms with Crippen LogP contribution in [0.3, 0.4) is 0 Å². The zero-order valence-electron chi connectivity index (χ0n) is 14.2. The Labute approximate surface area is 147 Å². The van der Waals surface area contributed by atoms with Crippen LogP contribution >= 0.6 is 0 Å². The molecule has 6 nitrogen and oxygen atoms in total. The van der Waals surface area contributed by atoms with Crippen LogP contribution in [0, 0.1) is 11.8 Å². The molecule has 3 aliphatic heterocycles. The van der Waals surface area contributed by atoms with Crippen LogP contribution in [0.25, 0.3) is 0 Å². The summed E-state index contributed by atoms with van der Waals surface area (Å²) in [5.74, 6) is 1.48. The molecule has 1 atom stereocenters. The number of hydrogen-bond donors (Lipinski definition) is 0. The van der Waals surface area contributed by atoms with Crippen LogP contribution in [0.1, 0.15) is 36.0 Å². The summed E-state index contributed by atoms with van der Waals surface area (Å²) >= 11 is 0. The van der Waals surface area contributed by atoms with Crippen molar-refractivity contribution in [3.05, 3.63) is 23.8 Å². The van der Waals surface area contributed by atoms with Gasteiger partial charge in [-0.15, -0.1) is 0 Å². The first-order valence-corrected chi connectivity index (χ1v) is 9.03. The smallest absolute Gasteiger partial charge is 0.231 e. The van der Waals surface area contributed by atoms with Crippen molar-refractivity contribution < 1.29 is 23.8 Å². The summed E-state index contributed by atoms with van der Waals surface area (Å²) in [6.45, 7) is 2.78. The van der Waals surface area contributed by atoms with Crippen molar-refractivity contribution in [2.75, 3.05) is 33.1 Å². The summed E-state index contributed by atoms with van der Waals surface area (Å²) in [6, 6.07) is 5.32. The zero-order chi connectivity index (χ0) is 17.2. The number of ether oxygens (including phenoxy) is 3. The second-order valence-corrected chi connectivity index (χ2v) is 6.94. The highest BCUT2D eigenvalue weighted by Gasteiger charge is 2.33. The molecule has 0 unspecified atom stereocenters. The van der Waals surface area contributed by atoms with Gasteiger partial charge in [0.25, 0.3) is 0 Å². The minimum Gasteiger partial charge on any atom is -0.454 e. The van der Waals surface area contributed by atoms with E-state index in [2.05, 4.69) is 0 Å². The van der Waals surface area contributed by atoms with Gasteiger partial charge in [-0.2, -0.15) is 0 Å². The molecule has 0 aromatic heterocycles. The molecule has 0 bridgehead atoms. The number of hydrogen-bond acceptors (Lipinski definition) is 5. The molecule has 1 amide bonds. The molecule has 4 rings (SSSR count). The molecule has 2 fully saturated rings. The number of rotatable bonds is 3. The summed E-state index contributed by atoms with van der Waals surface area (Å²) in [7, 11) is 0. The minimum atomic E-state index is -0.141. The lowest BCUT2D eigenvalue weighted by Gasteiger charge is -2.35. The lowest BCUT2D eigenvalue weighted by molar-refractivity contribution is -0.140. The number of amides is 1. The van der Waals surface area contributed by atoms with E-state index in [1.807, 2.05) is 4.90 Å². The monoisotopic (exact) mass is 345 g/mol. The molecule has 0 N–H and O–H groups in total. The van der Waals surface area contributed by atoms with E-state index in [1.165, 1.54) is 0 Å². The van der Waals surface area contributed by atoms with Gasteiger partial charge in [0.1, 0.15) is 0 Å². The van der Waals surface area contributed by atoms with Crippen LogP contribution in [-0.4, -0.2) is 49.7 Å². The molecule has 134 valence electrons. The third-order valence-electron chi connectivity index (χ3n) is 5.33. The molecule has 25 heavy (non-hydrogen) atoms. The Morgan fingerprint density at radius 1 is 1.00 bits per heavy atom. The van der Waals surface area contributed by atoms with E-state index in [0.29, 0.717) is 36.8 Å². The molecule has 0 aliphatic carbocycles. The predicted octanol–water partition coefficient (Wildman–Crippen LogP) is 2.26. The fourth-order valence-corrected chi connectivity index (χ4v) is 3.88. The molecule has 0 radical (unpaired) electrons. The number of carbonyl (C=O) groups is 2. The first-order valence-electron chi connectivity index (χ1n) is 9.03. The number of carbonyl (C=O) groups excluding carboxylic acids is 2. The average Bonchev–Trinajstić information content (AvgIpc) is 3.15. The van der Waals surface area contributed by atoms with E-state index in [9.17, 15) is 9.59 Å². The van der Waals surface area contributed by atoms with Gasteiger partial charge in [0.05, 0.1) is 0 Å². The van der Waals surface area contributed by atoms with Crippen LogP contribution < -0.4 is 9.47 Å². The SMILES string of the molecule is O=C(c1ccc2c(c1)OCO2)[C@@H]1CCCN(C(=O)C2CCOCC2)C1. The van der Waals surface area contributed by atoms with Gasteiger partial charge in [0.2, 0.25) is 12.7 Å². The third-order valence-corrected chi connectivity index (χ3v) is 5.33. The quantitative estimate of drug-likeness (QED) is 0.786. The highest BCUT2D eigenvalue weighted by atomic mass is 16.7. The fraction of sp³-hybridized carbons (Fsp3) is 0.579. The molecular formula is C19H23NO5. The Morgan fingerprint density at radius 2 is 1.80 bits per heavy atom. The van der Waals surface area contributed by atoms with Crippen LogP contribution in [-0.2, 0) is 9.53 Å². The topological polar surface area (TPSA) is 65.1 Å². The molecular weight excluding hydrogens is 322 g/mol. The first kappa shape index (κ1) is 16.4. The van der Waals surface area contributed by atoms with E-state index in [1.54, 1.807) is 18.2 Å². The maximum Gasteiger partial charge on any atom is 0.231 e. The Kier molecular flexibility index (Phi) is 4.61. The number of nitrogens with zero attached hydrogens (tertiary/aromatic N) is 1. The second-order valence-electron chi connectivity index (χ2n) is 6.94. The molecule has 3 aliphatic rings. The van der Waals surface area contributed by atoms with Crippen LogP contribution in [0.4, 0.5) is 0 Å². The number of Topliss-reactive ketones (excluding diaryl/α,β-unsaturated/α-hetero) is 1. The predicted molar refractivity (Wildman–Crippen MR) is 89.7 cm³/mol. The average molecular weight is 345 g/mol. The molecule has 6 heteroatoms. The largest absolute Gasteiger partial charge is 0.454 e. The van der Waals surface area contributed by atoms with Gasteiger partial charge in [-0.1, -0.05) is 0 Å². The van der Waals surface area contributed by atoms with Crippen molar-refractivity contribution in [1.82, 2.24) is 4.90 Å². The first-order chi connectivity index (χ1) is 12.2. The summed E-state index contributed by atoms with van der Waals surface area (Å²) in [5, 5.41) is 0. The van der Waals surface area contributed by atoms with E-state index in [4.69, 9.17) is 14.2 Å². The molecule has 1 aromatic carbocycles. The fourth-order valence-electron chi connectivity index (χ4n) is 3.88. The molecule has 0 spiro atoms. The number of ketones is 1. The minimum absolute atomic E-state index is 0.0492. The summed E-state index contributed by atoms with van der Waals surface area (Å²) in [6.07, 6.45) is 3.27. The molecule has 0 saturated carbocycles. The Balaban J connectivity index is 1.43. The standard InChI is InChI=1S/C19H23NO5/c21-18(14-3-4-16-17(10-14)25-12-24-16)15-2-1-7-20(11-15)19(22)13-5-8-23-9-6-13/h3-4,10,13,15H,1-2,5-9,11-12H2/t15-/m1/s1. The lowest BCUT2D eigenvalue weighted by Crippen LogP contribution is -2.45. The Hall–Kier alpha value is -2.08. The number of likely N-dealkylation sites (tertiary alicyclic amines) is 1. The highest BCUT2D eigenvalue weighted by molar-refractivity contribution is 5.99. The van der Waals surface area contributed by atoms with Crippen LogP contribution in [0.2, 0.25) is 0 Å². The molecule has 2 saturated heterocycles. The summed E-state index contributed by atoms with van der Waals surface area (Å²) < 4.78 is 16.0. The van der Waals surface area contributed by atoms with E-state index in [-0.39, 0.29) is 30.3 Å². The lowest BCUT2D eigenvalue weighted by atomic mass is 9.88. The zero-order valence-corrected chi connectivity index (χ0v) is 14.2. The van der Waals surface area contributed by atoms with Crippen molar-refractivity contribution in [3.63, 3.8) is 0 Å². The molecule has 3 heterocycles. The molecule has 1 aromatic rings. The van der Waals surface area contributed by atoms with Gasteiger partial charge in [-0.3, -0.25) is 9.59 Å². The van der Waals surface area contributed by atoms with Crippen LogP contribution in [0.5, 0.6) is 11.5 Å². The second kappa shape index (κ2) is 7.04. The van der Waals surface area contributed by atoms with Crippen molar-refractivity contribution in [2.45, 2.75) is 25.7 Å². The van der Waals surface area contributed by atoms with Crippen molar-refractivity contribution in [2.24, 2.45) is 11.8 Å². The van der Waals surface area contributed by atoms with Crippen molar-refractivity contribution in [1.29, 1.82) is 0 Å². The van der Waals surface area contributed by atoms with E-state index < -0.39 is 0 Å². The highest BCUT2D eigenvalue weighted by Crippen LogP contribution is 2.34. The van der Waals surface area contributed by atoms with E-state index >= 15 is 0 Å². The van der Waals surface area contributed by atoms with Gasteiger partial charge < -0.3 is 19.1 Å². The van der Waals surface area contributed by atoms with Gasteiger partial charge >= 0.3 is 0 Å². The van der Waals surface area contributed by atoms with Gasteiger partial charge in [-0.25, -0.2) is 0 Å². The van der Waals surface area contributed by atoms with Crippen LogP contribution in [0.15, 0.2) is 18.2 Å². The van der Waals surface area contributed by atoms with Gasteiger partial charge in [0, 0.05) is 43.7 Å². The number of fused-ring (bicyclic) bond motifs is 1. The maximum absolute atomic E-state index is 12.9. The Morgan fingerprint density at radius 3 is 2.64 bits per heavy atom. The summed E-state index contributed by atoms with van der Waals surface area (Å²) in [5.41, 5.74) is 0.634. The van der Waals surface area contributed by atoms with Crippen molar-refractivity contribution in [3.8, 4) is 11.5 Å².